The van der Waals surface area contributed by atoms with E-state index in [1.165, 1.54) is 12.1 Å². The van der Waals surface area contributed by atoms with Gasteiger partial charge in [0, 0.05) is 12.1 Å². The molecule has 0 atom stereocenters. The van der Waals surface area contributed by atoms with E-state index in [-0.39, 0.29) is 11.7 Å². The van der Waals surface area contributed by atoms with Crippen LogP contribution in [0.25, 0.3) is 0 Å². The molecule has 0 aromatic heterocycles. The first-order valence-electron chi connectivity index (χ1n) is 6.98. The van der Waals surface area contributed by atoms with Crippen molar-refractivity contribution in [1.82, 2.24) is 10.2 Å². The molecule has 1 aliphatic heterocycles. The number of nitrogens with zero attached hydrogens (tertiary/aromatic N) is 1. The van der Waals surface area contributed by atoms with Gasteiger partial charge in [-0.2, -0.15) is 0 Å². The van der Waals surface area contributed by atoms with Crippen LogP contribution in [0.15, 0.2) is 24.3 Å². The normalized spacial score (nSPS) is 17.3. The van der Waals surface area contributed by atoms with Crippen LogP contribution in [0.2, 0.25) is 0 Å². The minimum atomic E-state index is -0.0575. The van der Waals surface area contributed by atoms with Gasteiger partial charge in [0.1, 0.15) is 5.75 Å². The number of amides is 1. The quantitative estimate of drug-likeness (QED) is 0.870. The van der Waals surface area contributed by atoms with Crippen molar-refractivity contribution < 1.29 is 9.90 Å². The molecule has 1 aromatic carbocycles. The summed E-state index contributed by atoms with van der Waals surface area (Å²) in [7, 11) is 0. The number of hydrogen-bond acceptors (Lipinski definition) is 3. The van der Waals surface area contributed by atoms with Gasteiger partial charge in [0.2, 0.25) is 0 Å². The highest BCUT2D eigenvalue weighted by atomic mass is 16.3. The molecule has 19 heavy (non-hydrogen) atoms. The van der Waals surface area contributed by atoms with E-state index in [1.807, 2.05) is 0 Å². The molecular weight excluding hydrogens is 240 g/mol. The Morgan fingerprint density at radius 2 is 1.95 bits per heavy atom. The molecule has 1 heterocycles. The first kappa shape index (κ1) is 13.9. The number of hydrogen-bond donors (Lipinski definition) is 2. The number of likely N-dealkylation sites (tertiary alicyclic amines) is 1. The Morgan fingerprint density at radius 1 is 1.32 bits per heavy atom. The largest absolute Gasteiger partial charge is 0.508 e. The van der Waals surface area contributed by atoms with Crippen LogP contribution in [-0.2, 0) is 0 Å². The third-order valence-electron chi connectivity index (χ3n) is 3.84. The van der Waals surface area contributed by atoms with E-state index in [1.54, 1.807) is 12.1 Å². The third-order valence-corrected chi connectivity index (χ3v) is 3.84. The minimum Gasteiger partial charge on any atom is -0.508 e. The molecule has 1 aromatic rings. The van der Waals surface area contributed by atoms with E-state index < -0.39 is 0 Å². The summed E-state index contributed by atoms with van der Waals surface area (Å²) in [5, 5.41) is 12.2. The number of benzene rings is 1. The van der Waals surface area contributed by atoms with E-state index in [4.69, 9.17) is 0 Å². The van der Waals surface area contributed by atoms with Crippen LogP contribution in [0.1, 0.15) is 30.1 Å². The number of carbonyl (C=O) groups is 1. The summed E-state index contributed by atoms with van der Waals surface area (Å²) in [5.41, 5.74) is 0.601. The predicted octanol–water partition coefficient (Wildman–Crippen LogP) is 1.85. The van der Waals surface area contributed by atoms with Gasteiger partial charge in [-0.25, -0.2) is 0 Å². The van der Waals surface area contributed by atoms with Crippen molar-refractivity contribution in [3.05, 3.63) is 29.8 Å². The van der Waals surface area contributed by atoms with Crippen molar-refractivity contribution in [1.29, 1.82) is 0 Å². The second-order valence-corrected chi connectivity index (χ2v) is 5.13. The van der Waals surface area contributed by atoms with E-state index in [2.05, 4.69) is 17.1 Å². The zero-order valence-corrected chi connectivity index (χ0v) is 11.4. The third kappa shape index (κ3) is 3.96. The van der Waals surface area contributed by atoms with Crippen molar-refractivity contribution in [3.63, 3.8) is 0 Å². The first-order valence-corrected chi connectivity index (χ1v) is 6.98. The van der Waals surface area contributed by atoms with Crippen LogP contribution in [0.3, 0.4) is 0 Å². The molecule has 2 N–H and O–H groups in total. The molecule has 0 unspecified atom stereocenters. The smallest absolute Gasteiger partial charge is 0.251 e. The fraction of sp³-hybridized carbons (Fsp3) is 0.533. The molecule has 2 rings (SSSR count). The number of carbonyl (C=O) groups excluding carboxylic acids is 1. The zero-order chi connectivity index (χ0) is 13.7. The lowest BCUT2D eigenvalue weighted by molar-refractivity contribution is 0.0937. The molecule has 1 aliphatic rings. The number of piperidine rings is 1. The summed E-state index contributed by atoms with van der Waals surface area (Å²) in [5.74, 6) is 0.713. The Bertz CT molecular complexity index is 409. The lowest BCUT2D eigenvalue weighted by Gasteiger charge is -2.31. The Kier molecular flexibility index (Phi) is 4.80. The molecule has 0 saturated carbocycles. The summed E-state index contributed by atoms with van der Waals surface area (Å²) in [6.07, 6.45) is 2.31. The van der Waals surface area contributed by atoms with Gasteiger partial charge >= 0.3 is 0 Å². The van der Waals surface area contributed by atoms with Crippen LogP contribution in [0, 0.1) is 5.92 Å². The Balaban J connectivity index is 1.76. The van der Waals surface area contributed by atoms with Gasteiger partial charge in [0.25, 0.3) is 5.91 Å². The average Bonchev–Trinajstić information content (AvgIpc) is 2.46. The molecule has 4 nitrogen and oxygen atoms in total. The zero-order valence-electron chi connectivity index (χ0n) is 11.4. The van der Waals surface area contributed by atoms with Crippen molar-refractivity contribution in [2.24, 2.45) is 5.92 Å². The molecule has 0 radical (unpaired) electrons. The second-order valence-electron chi connectivity index (χ2n) is 5.13. The fourth-order valence-electron chi connectivity index (χ4n) is 2.46. The van der Waals surface area contributed by atoms with Gasteiger partial charge in [0.15, 0.2) is 0 Å². The topological polar surface area (TPSA) is 52.6 Å². The van der Waals surface area contributed by atoms with Crippen molar-refractivity contribution in [2.75, 3.05) is 26.2 Å². The van der Waals surface area contributed by atoms with Gasteiger partial charge in [0.05, 0.1) is 0 Å². The molecule has 0 aliphatic carbocycles. The number of aromatic hydroxyl groups is 1. The SMILES string of the molecule is CCN1CCC(CNC(=O)c2ccc(O)cc2)CC1. The average molecular weight is 262 g/mol. The van der Waals surface area contributed by atoms with E-state index in [0.717, 1.165) is 39.0 Å². The number of phenols is 1. The molecule has 0 bridgehead atoms. The van der Waals surface area contributed by atoms with Crippen LogP contribution in [0.4, 0.5) is 0 Å². The summed E-state index contributed by atoms with van der Waals surface area (Å²) < 4.78 is 0. The highest BCUT2D eigenvalue weighted by Gasteiger charge is 2.18. The minimum absolute atomic E-state index is 0.0575. The summed E-state index contributed by atoms with van der Waals surface area (Å²) in [6.45, 7) is 6.32. The first-order chi connectivity index (χ1) is 9.19. The maximum absolute atomic E-state index is 11.9. The van der Waals surface area contributed by atoms with E-state index >= 15 is 0 Å². The van der Waals surface area contributed by atoms with Crippen LogP contribution < -0.4 is 5.32 Å². The number of rotatable bonds is 4. The Labute approximate surface area is 114 Å². The maximum atomic E-state index is 11.9. The van der Waals surface area contributed by atoms with Crippen LogP contribution in [-0.4, -0.2) is 42.1 Å². The lowest BCUT2D eigenvalue weighted by atomic mass is 9.97. The lowest BCUT2D eigenvalue weighted by Crippen LogP contribution is -2.38. The van der Waals surface area contributed by atoms with E-state index in [0.29, 0.717) is 11.5 Å². The Morgan fingerprint density at radius 3 is 2.53 bits per heavy atom. The monoisotopic (exact) mass is 262 g/mol. The summed E-state index contributed by atoms with van der Waals surface area (Å²) >= 11 is 0. The van der Waals surface area contributed by atoms with Crippen LogP contribution >= 0.6 is 0 Å². The Hall–Kier alpha value is -1.55. The van der Waals surface area contributed by atoms with Gasteiger partial charge in [-0.05, 0) is 62.7 Å². The molecule has 4 heteroatoms. The van der Waals surface area contributed by atoms with Crippen molar-refractivity contribution in [3.8, 4) is 5.75 Å². The summed E-state index contributed by atoms with van der Waals surface area (Å²) in [4.78, 5) is 14.4. The molecule has 1 fully saturated rings. The van der Waals surface area contributed by atoms with Gasteiger partial charge in [-0.3, -0.25) is 4.79 Å². The summed E-state index contributed by atoms with van der Waals surface area (Å²) in [6, 6.07) is 6.36. The fourth-order valence-corrected chi connectivity index (χ4v) is 2.46. The van der Waals surface area contributed by atoms with Crippen molar-refractivity contribution in [2.45, 2.75) is 19.8 Å². The van der Waals surface area contributed by atoms with E-state index in [9.17, 15) is 9.90 Å². The van der Waals surface area contributed by atoms with Crippen LogP contribution in [0.5, 0.6) is 5.75 Å². The van der Waals surface area contributed by atoms with Gasteiger partial charge in [-0.15, -0.1) is 0 Å². The maximum Gasteiger partial charge on any atom is 0.251 e. The number of nitrogens with one attached hydrogen (secondary N) is 1. The number of phenolic OH excluding ortho intramolecular Hbond substituents is 1. The van der Waals surface area contributed by atoms with Gasteiger partial charge < -0.3 is 15.3 Å². The molecular formula is C15H22N2O2. The molecule has 1 amide bonds. The highest BCUT2D eigenvalue weighted by molar-refractivity contribution is 5.94. The van der Waals surface area contributed by atoms with Crippen molar-refractivity contribution >= 4 is 5.91 Å². The second kappa shape index (κ2) is 6.57. The predicted molar refractivity (Wildman–Crippen MR) is 75.3 cm³/mol. The molecule has 104 valence electrons. The highest BCUT2D eigenvalue weighted by Crippen LogP contribution is 2.16. The molecule has 0 spiro atoms. The standard InChI is InChI=1S/C15H22N2O2/c1-2-17-9-7-12(8-10-17)11-16-15(19)13-3-5-14(18)6-4-13/h3-6,12,18H,2,7-11H2,1H3,(H,16,19). The van der Waals surface area contributed by atoms with Gasteiger partial charge in [-0.1, -0.05) is 6.92 Å². The molecule has 1 saturated heterocycles.